The van der Waals surface area contributed by atoms with E-state index in [9.17, 15) is 9.46 Å². The molecule has 0 radical (unpaired) electrons. The number of hydrogen-bond donors (Lipinski definition) is 1. The number of nitrogens with zero attached hydrogens (tertiary/aromatic N) is 2. The van der Waals surface area contributed by atoms with Crippen LogP contribution in [0.2, 0.25) is 0 Å². The van der Waals surface area contributed by atoms with Gasteiger partial charge in [-0.1, -0.05) is 0 Å². The normalized spacial score (nSPS) is 17.1. The smallest absolute Gasteiger partial charge is 0.317 e. The van der Waals surface area contributed by atoms with Gasteiger partial charge in [0.1, 0.15) is 5.59 Å². The fourth-order valence-electron chi connectivity index (χ4n) is 2.24. The zero-order valence-electron chi connectivity index (χ0n) is 14.5. The summed E-state index contributed by atoms with van der Waals surface area (Å²) < 4.78 is 21.2. The molecule has 0 bridgehead atoms. The highest BCUT2D eigenvalue weighted by Gasteiger charge is 2.25. The standard InChI is InChI=1S/C13H33N2O3P3/c1-9(2)14(10(3)4)19-13(18-21(16)17)20-15(11(5)6)12(7)8/h9-13,19-21H,1-8H3,(H,16,17). The van der Waals surface area contributed by atoms with Crippen molar-refractivity contribution in [3.63, 3.8) is 0 Å². The molecule has 8 heteroatoms. The molecular weight excluding hydrogens is 325 g/mol. The summed E-state index contributed by atoms with van der Waals surface area (Å²) in [7, 11) is -2.13. The van der Waals surface area contributed by atoms with Crippen molar-refractivity contribution in [3.05, 3.63) is 0 Å². The molecule has 0 amide bonds. The lowest BCUT2D eigenvalue weighted by molar-refractivity contribution is 0.270. The molecular formula is C13H33N2O3P3. The van der Waals surface area contributed by atoms with Crippen LogP contribution >= 0.6 is 25.7 Å². The lowest BCUT2D eigenvalue weighted by Crippen LogP contribution is -2.34. The fraction of sp³-hybridized carbons (Fsp3) is 1.00. The van der Waals surface area contributed by atoms with E-state index in [2.05, 4.69) is 64.7 Å². The Hall–Kier alpha value is 0.930. The van der Waals surface area contributed by atoms with Crippen LogP contribution in [0.3, 0.4) is 0 Å². The van der Waals surface area contributed by atoms with Gasteiger partial charge in [-0.25, -0.2) is 0 Å². The quantitative estimate of drug-likeness (QED) is 0.596. The van der Waals surface area contributed by atoms with Gasteiger partial charge < -0.3 is 4.89 Å². The summed E-state index contributed by atoms with van der Waals surface area (Å²) in [5.74, 6) is 0. The highest BCUT2D eigenvalue weighted by Crippen LogP contribution is 2.47. The topological polar surface area (TPSA) is 53.0 Å². The molecule has 1 N–H and O–H groups in total. The molecule has 128 valence electrons. The molecule has 0 rings (SSSR count). The predicted molar refractivity (Wildman–Crippen MR) is 96.9 cm³/mol. The van der Waals surface area contributed by atoms with Crippen LogP contribution in [-0.4, -0.2) is 44.0 Å². The molecule has 0 aliphatic rings. The van der Waals surface area contributed by atoms with Crippen LogP contribution < -0.4 is 0 Å². The molecule has 0 aliphatic heterocycles. The number of hydrogen-bond acceptors (Lipinski definition) is 4. The van der Waals surface area contributed by atoms with Crippen LogP contribution in [0.4, 0.5) is 0 Å². The first kappa shape index (κ1) is 21.9. The summed E-state index contributed by atoms with van der Waals surface area (Å²) in [6.45, 7) is 17.2. The van der Waals surface area contributed by atoms with Gasteiger partial charge in [-0.05, 0) is 72.9 Å². The fourth-order valence-corrected chi connectivity index (χ4v) is 6.33. The SMILES string of the molecule is CC(C)N(PC(O[PH](=O)O)PN(C(C)C)C(C)C)C(C)C. The molecule has 5 nitrogen and oxygen atoms in total. The zero-order chi connectivity index (χ0) is 16.7. The van der Waals surface area contributed by atoms with E-state index in [0.717, 1.165) is 0 Å². The summed E-state index contributed by atoms with van der Waals surface area (Å²) in [6.07, 6.45) is 0. The molecule has 0 spiro atoms. The average Bonchev–Trinajstić information content (AvgIpc) is 2.29. The van der Waals surface area contributed by atoms with E-state index in [1.54, 1.807) is 0 Å². The van der Waals surface area contributed by atoms with E-state index in [1.807, 2.05) is 0 Å². The van der Waals surface area contributed by atoms with E-state index in [0.29, 0.717) is 41.6 Å². The minimum Gasteiger partial charge on any atom is -0.326 e. The Labute approximate surface area is 134 Å². The second kappa shape index (κ2) is 10.7. The van der Waals surface area contributed by atoms with E-state index in [1.165, 1.54) is 0 Å². The van der Waals surface area contributed by atoms with E-state index < -0.39 is 8.25 Å². The molecule has 0 heterocycles. The van der Waals surface area contributed by atoms with Crippen molar-refractivity contribution in [2.24, 2.45) is 0 Å². The first-order valence-corrected chi connectivity index (χ1v) is 10.9. The highest BCUT2D eigenvalue weighted by atomic mass is 31.1. The third-order valence-electron chi connectivity index (χ3n) is 2.98. The Bertz CT molecular complexity index is 277. The predicted octanol–water partition coefficient (Wildman–Crippen LogP) is 4.09. The van der Waals surface area contributed by atoms with Gasteiger partial charge in [-0.2, -0.15) is 0 Å². The van der Waals surface area contributed by atoms with E-state index in [-0.39, 0.29) is 5.59 Å². The molecule has 3 atom stereocenters. The Morgan fingerprint density at radius 3 is 1.29 bits per heavy atom. The molecule has 0 aromatic rings. The molecule has 0 saturated heterocycles. The Morgan fingerprint density at radius 1 is 0.810 bits per heavy atom. The minimum absolute atomic E-state index is 0.198. The van der Waals surface area contributed by atoms with Crippen molar-refractivity contribution in [1.29, 1.82) is 0 Å². The van der Waals surface area contributed by atoms with Gasteiger partial charge in [0.05, 0.1) is 0 Å². The maximum Gasteiger partial charge on any atom is 0.317 e. The first-order chi connectivity index (χ1) is 9.56. The Balaban J connectivity index is 4.97. The minimum atomic E-state index is -2.91. The maximum atomic E-state index is 11.2. The van der Waals surface area contributed by atoms with E-state index >= 15 is 0 Å². The monoisotopic (exact) mass is 358 g/mol. The molecule has 21 heavy (non-hydrogen) atoms. The zero-order valence-corrected chi connectivity index (χ0v) is 17.5. The van der Waals surface area contributed by atoms with Crippen LogP contribution in [0.1, 0.15) is 55.4 Å². The average molecular weight is 358 g/mol. The second-order valence-corrected chi connectivity index (χ2v) is 10.2. The van der Waals surface area contributed by atoms with Crippen LogP contribution in [0.5, 0.6) is 0 Å². The van der Waals surface area contributed by atoms with Crippen molar-refractivity contribution in [1.82, 2.24) is 9.34 Å². The molecule has 0 saturated carbocycles. The van der Waals surface area contributed by atoms with Gasteiger partial charge in [0.25, 0.3) is 0 Å². The molecule has 0 fully saturated rings. The van der Waals surface area contributed by atoms with Crippen molar-refractivity contribution in [3.8, 4) is 0 Å². The Kier molecular flexibility index (Phi) is 11.1. The maximum absolute atomic E-state index is 11.2. The van der Waals surface area contributed by atoms with Gasteiger partial charge in [-0.3, -0.25) is 18.4 Å². The molecule has 0 aromatic heterocycles. The number of rotatable bonds is 10. The second-order valence-electron chi connectivity index (χ2n) is 6.21. The van der Waals surface area contributed by atoms with Gasteiger partial charge >= 0.3 is 8.25 Å². The van der Waals surface area contributed by atoms with Crippen molar-refractivity contribution < 1.29 is 14.0 Å². The van der Waals surface area contributed by atoms with Crippen LogP contribution in [0.25, 0.3) is 0 Å². The van der Waals surface area contributed by atoms with Gasteiger partial charge in [0, 0.05) is 24.2 Å². The van der Waals surface area contributed by atoms with Crippen molar-refractivity contribution in [2.45, 2.75) is 85.1 Å². The van der Waals surface area contributed by atoms with Gasteiger partial charge in [0.2, 0.25) is 0 Å². The van der Waals surface area contributed by atoms with Crippen LogP contribution in [0, 0.1) is 0 Å². The molecule has 0 aliphatic carbocycles. The van der Waals surface area contributed by atoms with E-state index in [4.69, 9.17) is 4.52 Å². The lowest BCUT2D eigenvalue weighted by atomic mass is 10.3. The van der Waals surface area contributed by atoms with Gasteiger partial charge in [0.15, 0.2) is 0 Å². The largest absolute Gasteiger partial charge is 0.326 e. The Morgan fingerprint density at radius 2 is 1.10 bits per heavy atom. The molecule has 0 aromatic carbocycles. The third-order valence-corrected chi connectivity index (χ3v) is 8.03. The van der Waals surface area contributed by atoms with Crippen molar-refractivity contribution >= 4 is 25.7 Å². The summed E-state index contributed by atoms with van der Waals surface area (Å²) in [5, 5.41) is 0. The lowest BCUT2D eigenvalue weighted by Gasteiger charge is -2.37. The summed E-state index contributed by atoms with van der Waals surface area (Å²) in [4.78, 5) is 9.20. The molecule has 3 unspecified atom stereocenters. The van der Waals surface area contributed by atoms with Crippen LogP contribution in [-0.2, 0) is 9.09 Å². The van der Waals surface area contributed by atoms with Gasteiger partial charge in [-0.15, -0.1) is 0 Å². The first-order valence-electron chi connectivity index (χ1n) is 7.54. The third kappa shape index (κ3) is 8.96. The summed E-state index contributed by atoms with van der Waals surface area (Å²) in [6, 6.07) is 1.58. The highest BCUT2D eigenvalue weighted by molar-refractivity contribution is 7.55. The summed E-state index contributed by atoms with van der Waals surface area (Å²) >= 11 is 0. The van der Waals surface area contributed by atoms with Crippen LogP contribution in [0.15, 0.2) is 0 Å². The summed E-state index contributed by atoms with van der Waals surface area (Å²) in [5.41, 5.74) is -0.198. The van der Waals surface area contributed by atoms with Crippen molar-refractivity contribution in [2.75, 3.05) is 0 Å².